The van der Waals surface area contributed by atoms with Gasteiger partial charge in [0.05, 0.1) is 27.2 Å². The van der Waals surface area contributed by atoms with Gasteiger partial charge in [-0.1, -0.05) is 18.2 Å². The minimum Gasteiger partial charge on any atom is -0.493 e. The Balaban J connectivity index is 1.95. The van der Waals surface area contributed by atoms with E-state index in [1.807, 2.05) is 6.07 Å². The van der Waals surface area contributed by atoms with E-state index < -0.39 is 11.8 Å². The van der Waals surface area contributed by atoms with E-state index in [2.05, 4.69) is 5.32 Å². The summed E-state index contributed by atoms with van der Waals surface area (Å²) < 4.78 is 29.1. The van der Waals surface area contributed by atoms with E-state index in [4.69, 9.17) is 19.9 Å². The molecular weight excluding hydrogens is 391 g/mol. The monoisotopic (exact) mass is 418 g/mol. The van der Waals surface area contributed by atoms with Crippen LogP contribution in [0.15, 0.2) is 36.4 Å². The lowest BCUT2D eigenvalue weighted by Crippen LogP contribution is -2.37. The van der Waals surface area contributed by atoms with Gasteiger partial charge in [-0.25, -0.2) is 4.39 Å². The number of nitrogens with two attached hydrogens (primary N) is 1. The fraction of sp³-hybridized carbons (Fsp3) is 0.364. The van der Waals surface area contributed by atoms with Crippen LogP contribution in [0.2, 0.25) is 0 Å². The number of rotatable bonds is 11. The molecule has 7 nitrogen and oxygen atoms in total. The Morgan fingerprint density at radius 3 is 2.23 bits per heavy atom. The molecule has 2 rings (SSSR count). The average Bonchev–Trinajstić information content (AvgIpc) is 2.75. The van der Waals surface area contributed by atoms with Gasteiger partial charge in [-0.05, 0) is 42.2 Å². The SMILES string of the molecule is COc1ccc(CCC(=O)NCC(Cc2ccc(F)cc2)C(N)=O)c(OC)c1OC. The van der Waals surface area contributed by atoms with E-state index in [-0.39, 0.29) is 24.7 Å². The summed E-state index contributed by atoms with van der Waals surface area (Å²) in [6.07, 6.45) is 0.918. The number of carbonyl (C=O) groups is 2. The molecule has 0 spiro atoms. The van der Waals surface area contributed by atoms with Gasteiger partial charge in [-0.15, -0.1) is 0 Å². The van der Waals surface area contributed by atoms with E-state index in [1.54, 1.807) is 18.2 Å². The minimum absolute atomic E-state index is 0.106. The number of halogens is 1. The van der Waals surface area contributed by atoms with Crippen molar-refractivity contribution in [3.05, 3.63) is 53.3 Å². The molecule has 0 aliphatic rings. The van der Waals surface area contributed by atoms with E-state index in [9.17, 15) is 14.0 Å². The largest absolute Gasteiger partial charge is 0.493 e. The number of nitrogens with one attached hydrogen (secondary N) is 1. The number of aryl methyl sites for hydroxylation is 1. The summed E-state index contributed by atoms with van der Waals surface area (Å²) in [6, 6.07) is 9.40. The lowest BCUT2D eigenvalue weighted by atomic mass is 9.98. The molecule has 0 heterocycles. The first kappa shape index (κ1) is 23.0. The lowest BCUT2D eigenvalue weighted by molar-refractivity contribution is -0.123. The van der Waals surface area contributed by atoms with Crippen molar-refractivity contribution < 1.29 is 28.2 Å². The zero-order chi connectivity index (χ0) is 22.1. The molecular formula is C22H27FN2O5. The molecule has 0 aliphatic carbocycles. The third-order valence-electron chi connectivity index (χ3n) is 4.75. The first-order valence-corrected chi connectivity index (χ1v) is 9.47. The fourth-order valence-corrected chi connectivity index (χ4v) is 3.11. The zero-order valence-corrected chi connectivity index (χ0v) is 17.4. The molecule has 0 bridgehead atoms. The van der Waals surface area contributed by atoms with Crippen LogP contribution in [-0.2, 0) is 22.4 Å². The first-order chi connectivity index (χ1) is 14.4. The summed E-state index contributed by atoms with van der Waals surface area (Å²) >= 11 is 0. The van der Waals surface area contributed by atoms with Gasteiger partial charge in [-0.3, -0.25) is 9.59 Å². The van der Waals surface area contributed by atoms with Crippen LogP contribution in [0.4, 0.5) is 4.39 Å². The van der Waals surface area contributed by atoms with Crippen LogP contribution in [-0.4, -0.2) is 39.7 Å². The van der Waals surface area contributed by atoms with Crippen LogP contribution in [0.1, 0.15) is 17.5 Å². The predicted molar refractivity (Wildman–Crippen MR) is 110 cm³/mol. The Bertz CT molecular complexity index is 871. The quantitative estimate of drug-likeness (QED) is 0.583. The normalized spacial score (nSPS) is 11.5. The average molecular weight is 418 g/mol. The van der Waals surface area contributed by atoms with E-state index in [0.717, 1.165) is 11.1 Å². The van der Waals surface area contributed by atoms with Crippen LogP contribution in [0, 0.1) is 11.7 Å². The van der Waals surface area contributed by atoms with E-state index in [1.165, 1.54) is 33.5 Å². The molecule has 0 aliphatic heterocycles. The summed E-state index contributed by atoms with van der Waals surface area (Å²) in [5.41, 5.74) is 7.02. The van der Waals surface area contributed by atoms with Crippen molar-refractivity contribution in [2.45, 2.75) is 19.3 Å². The molecule has 3 N–H and O–H groups in total. The first-order valence-electron chi connectivity index (χ1n) is 9.47. The van der Waals surface area contributed by atoms with Crippen molar-refractivity contribution in [3.8, 4) is 17.2 Å². The molecule has 0 aromatic heterocycles. The lowest BCUT2D eigenvalue weighted by Gasteiger charge is -2.16. The molecule has 0 saturated heterocycles. The van der Waals surface area contributed by atoms with Crippen molar-refractivity contribution in [2.24, 2.45) is 11.7 Å². The highest BCUT2D eigenvalue weighted by atomic mass is 19.1. The predicted octanol–water partition coefficient (Wildman–Crippen LogP) is 2.24. The molecule has 0 radical (unpaired) electrons. The smallest absolute Gasteiger partial charge is 0.222 e. The number of amides is 2. The van der Waals surface area contributed by atoms with Crippen LogP contribution in [0.5, 0.6) is 17.2 Å². The van der Waals surface area contributed by atoms with Gasteiger partial charge < -0.3 is 25.3 Å². The second kappa shape index (κ2) is 11.0. The highest BCUT2D eigenvalue weighted by Crippen LogP contribution is 2.40. The van der Waals surface area contributed by atoms with Gasteiger partial charge >= 0.3 is 0 Å². The van der Waals surface area contributed by atoms with Crippen LogP contribution in [0.3, 0.4) is 0 Å². The van der Waals surface area contributed by atoms with Gasteiger partial charge in [0.1, 0.15) is 5.82 Å². The number of carbonyl (C=O) groups excluding carboxylic acids is 2. The number of methoxy groups -OCH3 is 3. The number of primary amides is 1. The minimum atomic E-state index is -0.588. The third-order valence-corrected chi connectivity index (χ3v) is 4.75. The van der Waals surface area contributed by atoms with Gasteiger partial charge in [-0.2, -0.15) is 0 Å². The molecule has 1 atom stereocenters. The Labute approximate surface area is 175 Å². The molecule has 8 heteroatoms. The maximum Gasteiger partial charge on any atom is 0.222 e. The maximum absolute atomic E-state index is 13.0. The zero-order valence-electron chi connectivity index (χ0n) is 17.4. The van der Waals surface area contributed by atoms with Gasteiger partial charge in [0, 0.05) is 13.0 Å². The van der Waals surface area contributed by atoms with Crippen molar-refractivity contribution in [1.82, 2.24) is 5.32 Å². The molecule has 2 aromatic carbocycles. The van der Waals surface area contributed by atoms with Crippen molar-refractivity contribution >= 4 is 11.8 Å². The summed E-state index contributed by atoms with van der Waals surface area (Å²) in [7, 11) is 4.57. The summed E-state index contributed by atoms with van der Waals surface area (Å²) in [5, 5.41) is 2.74. The molecule has 2 amide bonds. The maximum atomic E-state index is 13.0. The van der Waals surface area contributed by atoms with Crippen molar-refractivity contribution in [1.29, 1.82) is 0 Å². The van der Waals surface area contributed by atoms with Crippen LogP contribution in [0.25, 0.3) is 0 Å². The van der Waals surface area contributed by atoms with E-state index >= 15 is 0 Å². The molecule has 30 heavy (non-hydrogen) atoms. The molecule has 162 valence electrons. The summed E-state index contributed by atoms with van der Waals surface area (Å²) in [5.74, 6) is -0.184. The van der Waals surface area contributed by atoms with Gasteiger partial charge in [0.25, 0.3) is 0 Å². The second-order valence-electron chi connectivity index (χ2n) is 6.73. The summed E-state index contributed by atoms with van der Waals surface area (Å²) in [6.45, 7) is 0.106. The topological polar surface area (TPSA) is 99.9 Å². The number of hydrogen-bond donors (Lipinski definition) is 2. The van der Waals surface area contributed by atoms with Crippen LogP contribution >= 0.6 is 0 Å². The molecule has 0 saturated carbocycles. The second-order valence-corrected chi connectivity index (χ2v) is 6.73. The number of ether oxygens (including phenoxy) is 3. The Morgan fingerprint density at radius 1 is 1.00 bits per heavy atom. The Kier molecular flexibility index (Phi) is 8.46. The Morgan fingerprint density at radius 2 is 1.67 bits per heavy atom. The summed E-state index contributed by atoms with van der Waals surface area (Å²) in [4.78, 5) is 24.0. The molecule has 0 fully saturated rings. The fourth-order valence-electron chi connectivity index (χ4n) is 3.11. The van der Waals surface area contributed by atoms with E-state index in [0.29, 0.717) is 30.1 Å². The van der Waals surface area contributed by atoms with Crippen molar-refractivity contribution in [3.63, 3.8) is 0 Å². The highest BCUT2D eigenvalue weighted by Gasteiger charge is 2.19. The molecule has 1 unspecified atom stereocenters. The third kappa shape index (κ3) is 6.10. The van der Waals surface area contributed by atoms with Gasteiger partial charge in [0.15, 0.2) is 11.5 Å². The standard InChI is InChI=1S/C22H27FN2O5/c1-28-18-10-6-15(20(29-2)21(18)30-3)7-11-19(26)25-13-16(22(24)27)12-14-4-8-17(23)9-5-14/h4-6,8-10,16H,7,11-13H2,1-3H3,(H2,24,27)(H,25,26). The highest BCUT2D eigenvalue weighted by molar-refractivity contribution is 5.80. The Hall–Kier alpha value is -3.29. The number of hydrogen-bond acceptors (Lipinski definition) is 5. The van der Waals surface area contributed by atoms with Gasteiger partial charge in [0.2, 0.25) is 17.6 Å². The number of benzene rings is 2. The molecule has 2 aromatic rings. The van der Waals surface area contributed by atoms with Crippen molar-refractivity contribution in [2.75, 3.05) is 27.9 Å². The van der Waals surface area contributed by atoms with Crippen LogP contribution < -0.4 is 25.3 Å².